The lowest BCUT2D eigenvalue weighted by Crippen LogP contribution is -2.29. The molecule has 31 heavy (non-hydrogen) atoms. The summed E-state index contributed by atoms with van der Waals surface area (Å²) in [6, 6.07) is 17.0. The van der Waals surface area contributed by atoms with Crippen molar-refractivity contribution in [3.8, 4) is 6.07 Å². The Bertz CT molecular complexity index is 1220. The molecule has 1 unspecified atom stereocenters. The number of amides is 2. The second-order valence-electron chi connectivity index (χ2n) is 7.38. The first-order valence-corrected chi connectivity index (χ1v) is 9.69. The molecule has 0 saturated heterocycles. The van der Waals surface area contributed by atoms with Gasteiger partial charge in [0.25, 0.3) is 11.8 Å². The van der Waals surface area contributed by atoms with Gasteiger partial charge in [-0.15, -0.1) is 0 Å². The summed E-state index contributed by atoms with van der Waals surface area (Å²) in [5.41, 5.74) is 3.00. The smallest absolute Gasteiger partial charge is 0.261 e. The Kier molecular flexibility index (Phi) is 5.14. The summed E-state index contributed by atoms with van der Waals surface area (Å²) in [5, 5.41) is 9.61. The summed E-state index contributed by atoms with van der Waals surface area (Å²) in [6.07, 6.45) is 0. The zero-order valence-corrected chi connectivity index (χ0v) is 17.0. The second kappa shape index (κ2) is 7.92. The van der Waals surface area contributed by atoms with Gasteiger partial charge in [-0.25, -0.2) is 9.97 Å². The average Bonchev–Trinajstić information content (AvgIpc) is 2.99. The molecule has 1 atom stereocenters. The summed E-state index contributed by atoms with van der Waals surface area (Å²) in [6.45, 7) is 3.59. The minimum atomic E-state index is -1.15. The Morgan fingerprint density at radius 1 is 0.968 bits per heavy atom. The first-order chi connectivity index (χ1) is 14.9. The predicted octanol–water partition coefficient (Wildman–Crippen LogP) is 3.38. The molecule has 4 rings (SSSR count). The van der Waals surface area contributed by atoms with Crippen LogP contribution in [0, 0.1) is 25.2 Å². The van der Waals surface area contributed by atoms with Gasteiger partial charge in [-0.3, -0.25) is 19.3 Å². The number of carbonyl (C=O) groups excluding carboxylic acids is 3. The zero-order chi connectivity index (χ0) is 22.1. The van der Waals surface area contributed by atoms with Crippen molar-refractivity contribution in [2.75, 3.05) is 0 Å². The number of Topliss-reactive ketones (excluding diaryl/α,β-unsaturated/α-hetero) is 1. The average molecular weight is 410 g/mol. The molecule has 7 nitrogen and oxygen atoms in total. The Balaban J connectivity index is 1.60. The van der Waals surface area contributed by atoms with Crippen molar-refractivity contribution in [2.24, 2.45) is 0 Å². The van der Waals surface area contributed by atoms with Gasteiger partial charge in [0.1, 0.15) is 0 Å². The van der Waals surface area contributed by atoms with Gasteiger partial charge < -0.3 is 0 Å². The van der Waals surface area contributed by atoms with Crippen LogP contribution in [0.3, 0.4) is 0 Å². The van der Waals surface area contributed by atoms with Crippen molar-refractivity contribution in [3.63, 3.8) is 0 Å². The number of aryl methyl sites for hydroxylation is 2. The van der Waals surface area contributed by atoms with E-state index in [0.717, 1.165) is 4.90 Å². The molecule has 0 saturated carbocycles. The van der Waals surface area contributed by atoms with E-state index in [1.807, 2.05) is 6.07 Å². The second-order valence-corrected chi connectivity index (χ2v) is 7.38. The van der Waals surface area contributed by atoms with Crippen LogP contribution in [0.15, 0.2) is 54.6 Å². The fourth-order valence-electron chi connectivity index (χ4n) is 3.67. The van der Waals surface area contributed by atoms with Crippen LogP contribution in [0.5, 0.6) is 0 Å². The summed E-state index contributed by atoms with van der Waals surface area (Å²) in [4.78, 5) is 47.9. The number of aromatic nitrogens is 2. The van der Waals surface area contributed by atoms with E-state index in [1.54, 1.807) is 68.4 Å². The molecule has 1 aliphatic rings. The molecule has 0 bridgehead atoms. The number of hydrogen-bond donors (Lipinski definition) is 0. The molecular weight excluding hydrogens is 392 g/mol. The molecule has 2 aromatic carbocycles. The molecular formula is C24H18N4O3. The SMILES string of the molecule is Cc1cc(C)nc(C(C#N)C(=O)c2cccc(CN3C(=O)c4ccccc4C3=O)c2)n1. The Hall–Kier alpha value is -4.18. The molecule has 1 aromatic heterocycles. The number of nitrogens with zero attached hydrogens (tertiary/aromatic N) is 4. The fraction of sp³-hybridized carbons (Fsp3) is 0.167. The zero-order valence-electron chi connectivity index (χ0n) is 17.0. The molecule has 0 fully saturated rings. The van der Waals surface area contributed by atoms with Crippen molar-refractivity contribution >= 4 is 17.6 Å². The minimum Gasteiger partial charge on any atom is -0.292 e. The third-order valence-electron chi connectivity index (χ3n) is 5.08. The summed E-state index contributed by atoms with van der Waals surface area (Å²) < 4.78 is 0. The van der Waals surface area contributed by atoms with Gasteiger partial charge in [0.2, 0.25) is 0 Å². The van der Waals surface area contributed by atoms with Crippen LogP contribution in [-0.4, -0.2) is 32.5 Å². The van der Waals surface area contributed by atoms with Crippen LogP contribution in [0.1, 0.15) is 59.8 Å². The van der Waals surface area contributed by atoms with E-state index in [2.05, 4.69) is 9.97 Å². The van der Waals surface area contributed by atoms with Crippen LogP contribution in [-0.2, 0) is 6.54 Å². The molecule has 0 N–H and O–H groups in total. The normalized spacial score (nSPS) is 13.6. The lowest BCUT2D eigenvalue weighted by molar-refractivity contribution is 0.0642. The molecule has 1 aliphatic heterocycles. The maximum atomic E-state index is 13.0. The van der Waals surface area contributed by atoms with Gasteiger partial charge in [0.05, 0.1) is 23.7 Å². The molecule has 3 aromatic rings. The molecule has 0 radical (unpaired) electrons. The standard InChI is InChI=1S/C24H18N4O3/c1-14-10-15(2)27-22(26-14)20(12-25)21(29)17-7-5-6-16(11-17)13-28-23(30)18-8-3-4-9-19(18)24(28)31/h3-11,20H,13H2,1-2H3. The monoisotopic (exact) mass is 410 g/mol. The molecule has 152 valence electrons. The van der Waals surface area contributed by atoms with E-state index >= 15 is 0 Å². The molecule has 2 heterocycles. The first kappa shape index (κ1) is 20.1. The third-order valence-corrected chi connectivity index (χ3v) is 5.08. The van der Waals surface area contributed by atoms with E-state index in [9.17, 15) is 19.6 Å². The molecule has 0 aliphatic carbocycles. The van der Waals surface area contributed by atoms with Gasteiger partial charge in [0, 0.05) is 17.0 Å². The lowest BCUT2D eigenvalue weighted by Gasteiger charge is -2.15. The summed E-state index contributed by atoms with van der Waals surface area (Å²) in [7, 11) is 0. The highest BCUT2D eigenvalue weighted by Crippen LogP contribution is 2.25. The van der Waals surface area contributed by atoms with Gasteiger partial charge in [-0.05, 0) is 43.7 Å². The largest absolute Gasteiger partial charge is 0.292 e. The highest BCUT2D eigenvalue weighted by Gasteiger charge is 2.35. The number of rotatable bonds is 5. The number of ketones is 1. The van der Waals surface area contributed by atoms with E-state index < -0.39 is 11.7 Å². The number of carbonyl (C=O) groups is 3. The van der Waals surface area contributed by atoms with Crippen LogP contribution in [0.25, 0.3) is 0 Å². The van der Waals surface area contributed by atoms with E-state index in [-0.39, 0.29) is 24.2 Å². The van der Waals surface area contributed by atoms with Crippen LogP contribution in [0.2, 0.25) is 0 Å². The van der Waals surface area contributed by atoms with Crippen LogP contribution >= 0.6 is 0 Å². The molecule has 0 spiro atoms. The quantitative estimate of drug-likeness (QED) is 0.472. The van der Waals surface area contributed by atoms with Crippen molar-refractivity contribution < 1.29 is 14.4 Å². The van der Waals surface area contributed by atoms with Gasteiger partial charge in [0.15, 0.2) is 17.5 Å². The van der Waals surface area contributed by atoms with Crippen LogP contribution in [0.4, 0.5) is 0 Å². The highest BCUT2D eigenvalue weighted by atomic mass is 16.2. The predicted molar refractivity (Wildman–Crippen MR) is 111 cm³/mol. The fourth-order valence-corrected chi connectivity index (χ4v) is 3.67. The lowest BCUT2D eigenvalue weighted by atomic mass is 9.96. The van der Waals surface area contributed by atoms with Crippen LogP contribution < -0.4 is 0 Å². The van der Waals surface area contributed by atoms with Crippen molar-refractivity contribution in [2.45, 2.75) is 26.3 Å². The van der Waals surface area contributed by atoms with Crippen molar-refractivity contribution in [1.29, 1.82) is 5.26 Å². The number of benzene rings is 2. The van der Waals surface area contributed by atoms with E-state index in [0.29, 0.717) is 33.6 Å². The third kappa shape index (κ3) is 3.71. The highest BCUT2D eigenvalue weighted by molar-refractivity contribution is 6.21. The van der Waals surface area contributed by atoms with Crippen molar-refractivity contribution in [1.82, 2.24) is 14.9 Å². The Morgan fingerprint density at radius 2 is 1.58 bits per heavy atom. The van der Waals surface area contributed by atoms with E-state index in [1.165, 1.54) is 0 Å². The Labute approximate surface area is 179 Å². The topological polar surface area (TPSA) is 104 Å². The maximum Gasteiger partial charge on any atom is 0.261 e. The summed E-state index contributed by atoms with van der Waals surface area (Å²) >= 11 is 0. The first-order valence-electron chi connectivity index (χ1n) is 9.69. The van der Waals surface area contributed by atoms with Gasteiger partial charge in [-0.1, -0.05) is 30.3 Å². The van der Waals surface area contributed by atoms with Gasteiger partial charge in [-0.2, -0.15) is 5.26 Å². The maximum absolute atomic E-state index is 13.0. The molecule has 2 amide bonds. The number of fused-ring (bicyclic) bond motifs is 1. The van der Waals surface area contributed by atoms with E-state index in [4.69, 9.17) is 0 Å². The number of nitriles is 1. The van der Waals surface area contributed by atoms with Gasteiger partial charge >= 0.3 is 0 Å². The molecule has 7 heteroatoms. The van der Waals surface area contributed by atoms with Crippen molar-refractivity contribution in [3.05, 3.63) is 94.1 Å². The minimum absolute atomic E-state index is 0.0325. The Morgan fingerprint density at radius 3 is 2.16 bits per heavy atom. The number of imide groups is 1. The summed E-state index contributed by atoms with van der Waals surface area (Å²) in [5.74, 6) is -2.15. The number of hydrogen-bond acceptors (Lipinski definition) is 6.